The first-order chi connectivity index (χ1) is 19.8. The molecule has 1 fully saturated rings. The van der Waals surface area contributed by atoms with Crippen LogP contribution in [0.4, 0.5) is 29.3 Å². The van der Waals surface area contributed by atoms with Crippen molar-refractivity contribution in [2.24, 2.45) is 15.7 Å². The van der Waals surface area contributed by atoms with E-state index in [4.69, 9.17) is 10.5 Å². The lowest BCUT2D eigenvalue weighted by Gasteiger charge is -2.36. The summed E-state index contributed by atoms with van der Waals surface area (Å²) in [7, 11) is 0. The molecule has 0 aliphatic carbocycles. The highest BCUT2D eigenvalue weighted by atomic mass is 19.4. The van der Waals surface area contributed by atoms with E-state index in [-0.39, 0.29) is 36.9 Å². The number of allylic oxidation sites excluding steroid dienone is 1. The van der Waals surface area contributed by atoms with Crippen LogP contribution in [0, 0.1) is 0 Å². The van der Waals surface area contributed by atoms with Gasteiger partial charge in [0.15, 0.2) is 0 Å². The van der Waals surface area contributed by atoms with Crippen LogP contribution in [0.15, 0.2) is 70.3 Å². The molecule has 1 saturated heterocycles. The third-order valence-corrected chi connectivity index (χ3v) is 6.42. The molecule has 2 amide bonds. The molecule has 2 aromatic carbocycles. The molecule has 3 rings (SSSR count). The van der Waals surface area contributed by atoms with Crippen molar-refractivity contribution in [1.29, 1.82) is 0 Å². The summed E-state index contributed by atoms with van der Waals surface area (Å²) in [5.41, 5.74) is 6.18. The standard InChI is InChI=1S/C30H37F3N6O3/c1-29(2,3)42-28(41)39-16-14-38(15-17-39)24-11-9-23(10-12-24)36-20-37-26(25(19-35-4)30(31,32)33)13-8-21-6-5-7-22(18-21)27(34)40/h5-7,9-12,18-19,36H,4,8,13-17,20H2,1-3H3,(H2,34,40)/b25-19+,37-26-. The van der Waals surface area contributed by atoms with Gasteiger partial charge in [0.25, 0.3) is 0 Å². The number of anilines is 2. The van der Waals surface area contributed by atoms with Gasteiger partial charge in [-0.1, -0.05) is 12.1 Å². The Morgan fingerprint density at radius 2 is 1.74 bits per heavy atom. The van der Waals surface area contributed by atoms with Gasteiger partial charge in [0.05, 0.1) is 11.3 Å². The minimum Gasteiger partial charge on any atom is -0.444 e. The molecule has 0 unspecified atom stereocenters. The van der Waals surface area contributed by atoms with Crippen LogP contribution in [0.2, 0.25) is 0 Å². The third-order valence-electron chi connectivity index (χ3n) is 6.42. The second kappa shape index (κ2) is 14.0. The fourth-order valence-corrected chi connectivity index (χ4v) is 4.33. The SMILES string of the molecule is C=N/C=C(\C(CCc1cccc(C(N)=O)c1)=N/CNc1ccc(N2CCN(C(=O)OC(C)(C)C)CC2)cc1)C(F)(F)F. The first kappa shape index (κ1) is 32.2. The van der Waals surface area contributed by atoms with E-state index < -0.39 is 23.3 Å². The van der Waals surface area contributed by atoms with Crippen molar-refractivity contribution in [1.82, 2.24) is 4.90 Å². The maximum Gasteiger partial charge on any atom is 0.419 e. The van der Waals surface area contributed by atoms with E-state index >= 15 is 0 Å². The predicted octanol–water partition coefficient (Wildman–Crippen LogP) is 5.43. The number of aryl methyl sites for hydroxylation is 1. The monoisotopic (exact) mass is 586 g/mol. The van der Waals surface area contributed by atoms with E-state index in [0.29, 0.717) is 43.6 Å². The lowest BCUT2D eigenvalue weighted by atomic mass is 10.0. The number of carbonyl (C=O) groups excluding carboxylic acids is 2. The second-order valence-corrected chi connectivity index (χ2v) is 10.7. The van der Waals surface area contributed by atoms with Crippen molar-refractivity contribution < 1.29 is 27.5 Å². The molecule has 9 nitrogen and oxygen atoms in total. The van der Waals surface area contributed by atoms with E-state index in [1.165, 1.54) is 0 Å². The molecular weight excluding hydrogens is 549 g/mol. The van der Waals surface area contributed by atoms with Gasteiger partial charge in [-0.25, -0.2) is 4.79 Å². The largest absolute Gasteiger partial charge is 0.444 e. The number of amides is 2. The smallest absolute Gasteiger partial charge is 0.419 e. The zero-order valence-corrected chi connectivity index (χ0v) is 24.1. The van der Waals surface area contributed by atoms with E-state index in [1.54, 1.807) is 29.2 Å². The predicted molar refractivity (Wildman–Crippen MR) is 159 cm³/mol. The van der Waals surface area contributed by atoms with Crippen LogP contribution < -0.4 is 16.0 Å². The number of hydrogen-bond donors (Lipinski definition) is 2. The molecule has 42 heavy (non-hydrogen) atoms. The Labute approximate surface area is 243 Å². The van der Waals surface area contributed by atoms with Gasteiger partial charge in [-0.2, -0.15) is 13.2 Å². The van der Waals surface area contributed by atoms with Gasteiger partial charge in [-0.3, -0.25) is 14.8 Å². The summed E-state index contributed by atoms with van der Waals surface area (Å²) in [6.45, 7) is 10.9. The number of rotatable bonds is 10. The van der Waals surface area contributed by atoms with Crippen molar-refractivity contribution in [3.63, 3.8) is 0 Å². The number of nitrogens with one attached hydrogen (secondary N) is 1. The fourth-order valence-electron chi connectivity index (χ4n) is 4.33. The Balaban J connectivity index is 1.64. The molecule has 0 atom stereocenters. The molecule has 0 radical (unpaired) electrons. The van der Waals surface area contributed by atoms with Crippen LogP contribution in [0.3, 0.4) is 0 Å². The molecule has 0 bridgehead atoms. The zero-order valence-electron chi connectivity index (χ0n) is 24.1. The molecule has 226 valence electrons. The van der Waals surface area contributed by atoms with Gasteiger partial charge < -0.3 is 25.6 Å². The maximum atomic E-state index is 13.8. The van der Waals surface area contributed by atoms with Crippen molar-refractivity contribution >= 4 is 35.8 Å². The van der Waals surface area contributed by atoms with E-state index in [2.05, 4.69) is 26.9 Å². The summed E-state index contributed by atoms with van der Waals surface area (Å²) in [5, 5.41) is 3.04. The van der Waals surface area contributed by atoms with Gasteiger partial charge in [0.1, 0.15) is 12.3 Å². The molecule has 0 spiro atoms. The number of alkyl halides is 3. The number of primary amides is 1. The quantitative estimate of drug-likeness (QED) is 0.361. The molecular formula is C30H37F3N6O3. The zero-order chi connectivity index (χ0) is 30.9. The number of piperazine rings is 1. The number of hydrogen-bond acceptors (Lipinski definition) is 7. The number of ether oxygens (including phenoxy) is 1. The number of carbonyl (C=O) groups is 2. The minimum absolute atomic E-state index is 0.0427. The summed E-state index contributed by atoms with van der Waals surface area (Å²) in [4.78, 5) is 35.2. The number of halogens is 3. The van der Waals surface area contributed by atoms with Crippen LogP contribution in [0.1, 0.15) is 43.1 Å². The first-order valence-electron chi connectivity index (χ1n) is 13.5. The van der Waals surface area contributed by atoms with Crippen LogP contribution in [-0.2, 0) is 11.2 Å². The number of nitrogens with zero attached hydrogens (tertiary/aromatic N) is 4. The van der Waals surface area contributed by atoms with Crippen molar-refractivity contribution in [3.05, 3.63) is 71.4 Å². The first-order valence-corrected chi connectivity index (χ1v) is 13.5. The van der Waals surface area contributed by atoms with E-state index in [9.17, 15) is 22.8 Å². The summed E-state index contributed by atoms with van der Waals surface area (Å²) < 4.78 is 46.9. The van der Waals surface area contributed by atoms with Gasteiger partial charge in [0.2, 0.25) is 5.91 Å². The average molecular weight is 587 g/mol. The molecule has 12 heteroatoms. The van der Waals surface area contributed by atoms with Gasteiger partial charge in [-0.05, 0) is 82.3 Å². The maximum absolute atomic E-state index is 13.8. The van der Waals surface area contributed by atoms with Crippen molar-refractivity contribution in [2.45, 2.75) is 45.4 Å². The van der Waals surface area contributed by atoms with Gasteiger partial charge >= 0.3 is 12.3 Å². The molecule has 1 aliphatic heterocycles. The molecule has 1 aliphatic rings. The molecule has 0 saturated carbocycles. The molecule has 3 N–H and O–H groups in total. The Kier molecular flexibility index (Phi) is 10.7. The normalized spacial score (nSPS) is 14.9. The summed E-state index contributed by atoms with van der Waals surface area (Å²) in [6, 6.07) is 13.9. The minimum atomic E-state index is -4.68. The number of aliphatic imine (C=N–C) groups is 2. The summed E-state index contributed by atoms with van der Waals surface area (Å²) in [6.07, 6.45) is -4.17. The lowest BCUT2D eigenvalue weighted by Crippen LogP contribution is -2.50. The third kappa shape index (κ3) is 9.64. The highest BCUT2D eigenvalue weighted by Gasteiger charge is 2.36. The topological polar surface area (TPSA) is 113 Å². The molecule has 1 heterocycles. The van der Waals surface area contributed by atoms with Crippen molar-refractivity contribution in [3.8, 4) is 0 Å². The van der Waals surface area contributed by atoms with Crippen LogP contribution in [-0.4, -0.2) is 74.0 Å². The Bertz CT molecular complexity index is 1310. The van der Waals surface area contributed by atoms with E-state index in [0.717, 1.165) is 5.69 Å². The average Bonchev–Trinajstić information content (AvgIpc) is 2.93. The van der Waals surface area contributed by atoms with E-state index in [1.807, 2.05) is 45.0 Å². The highest BCUT2D eigenvalue weighted by molar-refractivity contribution is 6.01. The van der Waals surface area contributed by atoms with Gasteiger partial charge in [-0.15, -0.1) is 0 Å². The van der Waals surface area contributed by atoms with Crippen LogP contribution >= 0.6 is 0 Å². The molecule has 2 aromatic rings. The lowest BCUT2D eigenvalue weighted by molar-refractivity contribution is -0.0864. The van der Waals surface area contributed by atoms with Crippen molar-refractivity contribution in [2.75, 3.05) is 43.1 Å². The summed E-state index contributed by atoms with van der Waals surface area (Å²) in [5.74, 6) is -0.615. The van der Waals surface area contributed by atoms with Crippen LogP contribution in [0.25, 0.3) is 0 Å². The van der Waals surface area contributed by atoms with Crippen LogP contribution in [0.5, 0.6) is 0 Å². The second-order valence-electron chi connectivity index (χ2n) is 10.7. The fraction of sp³-hybridized carbons (Fsp3) is 0.400. The number of nitrogens with two attached hydrogens (primary N) is 1. The Hall–Kier alpha value is -4.35. The number of benzene rings is 2. The van der Waals surface area contributed by atoms with Gasteiger partial charge in [0, 0.05) is 49.3 Å². The summed E-state index contributed by atoms with van der Waals surface area (Å²) >= 11 is 0. The highest BCUT2D eigenvalue weighted by Crippen LogP contribution is 2.29. The Morgan fingerprint density at radius 1 is 1.07 bits per heavy atom. The Morgan fingerprint density at radius 3 is 2.31 bits per heavy atom. The molecule has 0 aromatic heterocycles.